The van der Waals surface area contributed by atoms with E-state index in [9.17, 15) is 8.42 Å². The Labute approximate surface area is 145 Å². The fourth-order valence-electron chi connectivity index (χ4n) is 3.60. The maximum atomic E-state index is 11.7. The minimum atomic E-state index is -3.13. The minimum Gasteiger partial charge on any atom is -0.308 e. The number of nitrogens with zero attached hydrogens (tertiary/aromatic N) is 4. The van der Waals surface area contributed by atoms with Gasteiger partial charge < -0.3 is 10.2 Å². The summed E-state index contributed by atoms with van der Waals surface area (Å²) in [6.07, 6.45) is 4.88. The molecule has 2 aliphatic rings. The van der Waals surface area contributed by atoms with Gasteiger partial charge in [0.2, 0.25) is 10.0 Å². The third-order valence-corrected chi connectivity index (χ3v) is 6.23. The van der Waals surface area contributed by atoms with Crippen molar-refractivity contribution < 1.29 is 8.42 Å². The normalized spacial score (nSPS) is 21.1. The van der Waals surface area contributed by atoms with Crippen LogP contribution in [-0.4, -0.2) is 65.9 Å². The van der Waals surface area contributed by atoms with Crippen LogP contribution < -0.4 is 5.32 Å². The Hall–Kier alpha value is -0.960. The smallest absolute Gasteiger partial charge is 0.211 e. The molecule has 1 N–H and O–H groups in total. The molecule has 3 heterocycles. The lowest BCUT2D eigenvalue weighted by Gasteiger charge is -2.32. The molecule has 0 aliphatic carbocycles. The lowest BCUT2D eigenvalue weighted by atomic mass is 10.0. The van der Waals surface area contributed by atoms with Crippen LogP contribution in [0, 0.1) is 0 Å². The molecule has 24 heavy (non-hydrogen) atoms. The van der Waals surface area contributed by atoms with Gasteiger partial charge in [0.15, 0.2) is 0 Å². The van der Waals surface area contributed by atoms with E-state index >= 15 is 0 Å². The molecule has 1 aromatic heterocycles. The van der Waals surface area contributed by atoms with Crippen molar-refractivity contribution in [3.05, 3.63) is 17.5 Å². The third-order valence-electron chi connectivity index (χ3n) is 4.98. The molecule has 3 rings (SSSR count). The van der Waals surface area contributed by atoms with Crippen LogP contribution in [-0.2, 0) is 29.7 Å². The minimum absolute atomic E-state index is 0.432. The third kappa shape index (κ3) is 4.36. The number of aromatic nitrogens is 2. The summed E-state index contributed by atoms with van der Waals surface area (Å²) in [6, 6.07) is 2.60. The Morgan fingerprint density at radius 1 is 1.25 bits per heavy atom. The topological polar surface area (TPSA) is 70.5 Å². The Morgan fingerprint density at radius 2 is 2.00 bits per heavy atom. The van der Waals surface area contributed by atoms with Gasteiger partial charge in [0.05, 0.1) is 30.7 Å². The zero-order valence-corrected chi connectivity index (χ0v) is 15.6. The molecular formula is C16H29N5O2S. The highest BCUT2D eigenvalue weighted by Gasteiger charge is 2.25. The summed E-state index contributed by atoms with van der Waals surface area (Å²) in [4.78, 5) is 2.53. The molecule has 0 spiro atoms. The second-order valence-corrected chi connectivity index (χ2v) is 8.93. The van der Waals surface area contributed by atoms with Gasteiger partial charge in [-0.3, -0.25) is 4.68 Å². The van der Waals surface area contributed by atoms with Gasteiger partial charge in [-0.05, 0) is 45.0 Å². The number of fused-ring (bicyclic) bond motifs is 1. The number of likely N-dealkylation sites (tertiary alicyclic amines) is 1. The van der Waals surface area contributed by atoms with Gasteiger partial charge in [0.1, 0.15) is 0 Å². The molecule has 2 aliphatic heterocycles. The van der Waals surface area contributed by atoms with Crippen LogP contribution in [0.3, 0.4) is 0 Å². The first-order valence-electron chi connectivity index (χ1n) is 8.92. The van der Waals surface area contributed by atoms with Crippen LogP contribution in [0.1, 0.15) is 37.6 Å². The predicted octanol–water partition coefficient (Wildman–Crippen LogP) is 0.622. The Kier molecular flexibility index (Phi) is 5.59. The molecule has 136 valence electrons. The molecule has 0 amide bonds. The maximum Gasteiger partial charge on any atom is 0.211 e. The molecule has 0 saturated carbocycles. The zero-order chi connectivity index (χ0) is 17.2. The fourth-order valence-corrected chi connectivity index (χ4v) is 4.38. The van der Waals surface area contributed by atoms with Crippen molar-refractivity contribution in [3.63, 3.8) is 0 Å². The number of nitrogens with one attached hydrogen (secondary N) is 1. The van der Waals surface area contributed by atoms with Crippen molar-refractivity contribution in [1.82, 2.24) is 24.3 Å². The first-order valence-corrected chi connectivity index (χ1v) is 10.8. The van der Waals surface area contributed by atoms with Crippen LogP contribution in [0.25, 0.3) is 0 Å². The molecule has 7 nitrogen and oxygen atoms in total. The van der Waals surface area contributed by atoms with E-state index in [-0.39, 0.29) is 0 Å². The van der Waals surface area contributed by atoms with Gasteiger partial charge in [-0.1, -0.05) is 6.92 Å². The largest absolute Gasteiger partial charge is 0.308 e. The molecule has 0 unspecified atom stereocenters. The van der Waals surface area contributed by atoms with Gasteiger partial charge in [-0.25, -0.2) is 8.42 Å². The predicted molar refractivity (Wildman–Crippen MR) is 94.1 cm³/mol. The summed E-state index contributed by atoms with van der Waals surface area (Å²) in [5.41, 5.74) is 2.00. The molecule has 0 aromatic carbocycles. The number of sulfonamides is 1. The van der Waals surface area contributed by atoms with Crippen LogP contribution in [0.5, 0.6) is 0 Å². The van der Waals surface area contributed by atoms with E-state index in [0.717, 1.165) is 17.9 Å². The van der Waals surface area contributed by atoms with Gasteiger partial charge in [-0.2, -0.15) is 9.40 Å². The number of hydrogen-bond donors (Lipinski definition) is 1. The molecule has 1 aromatic rings. The summed E-state index contributed by atoms with van der Waals surface area (Å²) in [5.74, 6) is 0. The van der Waals surface area contributed by atoms with Crippen LogP contribution in [0.2, 0.25) is 0 Å². The SMILES string of the molecule is CCCN1CCC(NCc2cc3n(n2)CCN(S(C)(=O)=O)C3)CC1. The van der Waals surface area contributed by atoms with Crippen LogP contribution in [0.15, 0.2) is 6.07 Å². The van der Waals surface area contributed by atoms with Gasteiger partial charge in [0, 0.05) is 19.1 Å². The van der Waals surface area contributed by atoms with E-state index in [1.54, 1.807) is 0 Å². The van der Waals surface area contributed by atoms with Gasteiger partial charge >= 0.3 is 0 Å². The highest BCUT2D eigenvalue weighted by atomic mass is 32.2. The number of piperidine rings is 1. The first kappa shape index (κ1) is 17.8. The summed E-state index contributed by atoms with van der Waals surface area (Å²) in [5, 5.41) is 8.24. The standard InChI is InChI=1S/C16H29N5O2S/c1-3-6-19-7-4-14(5-8-19)17-12-15-11-16-13-20(24(2,22)23)9-10-21(16)18-15/h11,14,17H,3-10,12-13H2,1-2H3. The quantitative estimate of drug-likeness (QED) is 0.810. The first-order chi connectivity index (χ1) is 11.5. The van der Waals surface area contributed by atoms with Gasteiger partial charge in [-0.15, -0.1) is 0 Å². The lowest BCUT2D eigenvalue weighted by molar-refractivity contribution is 0.197. The van der Waals surface area contributed by atoms with Crippen LogP contribution in [0.4, 0.5) is 0 Å². The molecule has 0 bridgehead atoms. The zero-order valence-electron chi connectivity index (χ0n) is 14.7. The molecule has 0 atom stereocenters. The highest BCUT2D eigenvalue weighted by Crippen LogP contribution is 2.17. The molecule has 1 saturated heterocycles. The van der Waals surface area contributed by atoms with E-state index in [4.69, 9.17) is 0 Å². The highest BCUT2D eigenvalue weighted by molar-refractivity contribution is 7.88. The second kappa shape index (κ2) is 7.51. The monoisotopic (exact) mass is 355 g/mol. The molecule has 1 fully saturated rings. The van der Waals surface area contributed by atoms with Crippen molar-refractivity contribution in [2.75, 3.05) is 32.4 Å². The van der Waals surface area contributed by atoms with Crippen molar-refractivity contribution in [3.8, 4) is 0 Å². The van der Waals surface area contributed by atoms with Crippen LogP contribution >= 0.6 is 0 Å². The summed E-state index contributed by atoms with van der Waals surface area (Å²) in [7, 11) is -3.13. The van der Waals surface area contributed by atoms with E-state index in [1.165, 1.54) is 49.5 Å². The number of hydrogen-bond acceptors (Lipinski definition) is 5. The van der Waals surface area contributed by atoms with E-state index < -0.39 is 10.0 Å². The average molecular weight is 356 g/mol. The molecule has 0 radical (unpaired) electrons. The Morgan fingerprint density at radius 3 is 2.67 bits per heavy atom. The Bertz CT molecular complexity index is 649. The second-order valence-electron chi connectivity index (χ2n) is 6.94. The average Bonchev–Trinajstić information content (AvgIpc) is 2.95. The molecular weight excluding hydrogens is 326 g/mol. The van der Waals surface area contributed by atoms with Crippen molar-refractivity contribution in [1.29, 1.82) is 0 Å². The van der Waals surface area contributed by atoms with Gasteiger partial charge in [0.25, 0.3) is 0 Å². The summed E-state index contributed by atoms with van der Waals surface area (Å²) in [6.45, 7) is 8.13. The van der Waals surface area contributed by atoms with E-state index in [2.05, 4.69) is 22.2 Å². The van der Waals surface area contributed by atoms with E-state index in [1.807, 2.05) is 10.7 Å². The van der Waals surface area contributed by atoms with Crippen molar-refractivity contribution in [2.45, 2.75) is 51.9 Å². The van der Waals surface area contributed by atoms with E-state index in [0.29, 0.717) is 25.7 Å². The maximum absolute atomic E-state index is 11.7. The molecule has 8 heteroatoms. The van der Waals surface area contributed by atoms with Crippen molar-refractivity contribution in [2.24, 2.45) is 0 Å². The lowest BCUT2D eigenvalue weighted by Crippen LogP contribution is -2.42. The summed E-state index contributed by atoms with van der Waals surface area (Å²) < 4.78 is 26.8. The van der Waals surface area contributed by atoms with Crippen molar-refractivity contribution >= 4 is 10.0 Å². The fraction of sp³-hybridized carbons (Fsp3) is 0.812. The number of rotatable bonds is 6. The summed E-state index contributed by atoms with van der Waals surface area (Å²) >= 11 is 0. The Balaban J connectivity index is 1.51.